The lowest BCUT2D eigenvalue weighted by atomic mass is 10.1. The number of benzene rings is 1. The number of esters is 1. The van der Waals surface area contributed by atoms with Gasteiger partial charge in [-0.25, -0.2) is 4.79 Å². The molecule has 1 atom stereocenters. The molecule has 0 heterocycles. The molecule has 0 saturated heterocycles. The van der Waals surface area contributed by atoms with Crippen LogP contribution in [0.25, 0.3) is 0 Å². The van der Waals surface area contributed by atoms with Crippen LogP contribution in [0.4, 0.5) is 4.79 Å². The Morgan fingerprint density at radius 1 is 1.12 bits per heavy atom. The van der Waals surface area contributed by atoms with Crippen LogP contribution in [0.3, 0.4) is 0 Å². The predicted molar refractivity (Wildman–Crippen MR) is 94.2 cm³/mol. The highest BCUT2D eigenvalue weighted by molar-refractivity contribution is 7.98. The number of hydrogen-bond donors (Lipinski definition) is 2. The van der Waals surface area contributed by atoms with Crippen molar-refractivity contribution in [3.8, 4) is 0 Å². The van der Waals surface area contributed by atoms with Crippen LogP contribution in [0, 0.1) is 5.92 Å². The molecular weight excluding hydrogens is 344 g/mol. The molecule has 0 aliphatic heterocycles. The highest BCUT2D eigenvalue weighted by Crippen LogP contribution is 2.16. The van der Waals surface area contributed by atoms with Gasteiger partial charge in [-0.15, -0.1) is 11.8 Å². The van der Waals surface area contributed by atoms with Crippen LogP contribution in [-0.2, 0) is 14.3 Å². The Hall–Kier alpha value is -2.35. The average molecular weight is 366 g/mol. The van der Waals surface area contributed by atoms with Crippen LogP contribution >= 0.6 is 11.8 Å². The smallest absolute Gasteiger partial charge is 0.318 e. The number of urea groups is 1. The van der Waals surface area contributed by atoms with Gasteiger partial charge >= 0.3 is 12.0 Å². The van der Waals surface area contributed by atoms with Gasteiger partial charge in [-0.05, 0) is 24.3 Å². The number of thioether (sulfide) groups is 1. The highest BCUT2D eigenvalue weighted by atomic mass is 32.2. The van der Waals surface area contributed by atoms with Crippen LogP contribution in [0.5, 0.6) is 0 Å². The molecule has 8 heteroatoms. The fraction of sp³-hybridized carbons (Fsp3) is 0.412. The van der Waals surface area contributed by atoms with Gasteiger partial charge in [-0.1, -0.05) is 26.0 Å². The SMILES string of the molecule is CSc1ccc(C(=O)CCC(=O)O[C@@H](C(=O)NC(N)=O)C(C)C)cc1. The third-order valence-electron chi connectivity index (χ3n) is 3.34. The van der Waals surface area contributed by atoms with Gasteiger partial charge < -0.3 is 10.5 Å². The fourth-order valence-corrected chi connectivity index (χ4v) is 2.43. The summed E-state index contributed by atoms with van der Waals surface area (Å²) in [5, 5.41) is 1.88. The molecule has 1 aromatic carbocycles. The number of rotatable bonds is 8. The normalized spacial score (nSPS) is 11.7. The van der Waals surface area contributed by atoms with E-state index < -0.39 is 24.0 Å². The van der Waals surface area contributed by atoms with Crippen LogP contribution in [-0.4, -0.2) is 36.1 Å². The van der Waals surface area contributed by atoms with E-state index in [1.54, 1.807) is 37.7 Å². The summed E-state index contributed by atoms with van der Waals surface area (Å²) in [5.41, 5.74) is 5.40. The van der Waals surface area contributed by atoms with Crippen molar-refractivity contribution in [2.45, 2.75) is 37.7 Å². The average Bonchev–Trinajstić information content (AvgIpc) is 2.56. The Labute approximate surface area is 150 Å². The molecule has 25 heavy (non-hydrogen) atoms. The molecule has 1 rings (SSSR count). The lowest BCUT2D eigenvalue weighted by Gasteiger charge is -2.19. The van der Waals surface area contributed by atoms with E-state index >= 15 is 0 Å². The molecule has 0 unspecified atom stereocenters. The number of ketones is 1. The van der Waals surface area contributed by atoms with E-state index in [1.807, 2.05) is 23.7 Å². The molecule has 3 amide bonds. The zero-order valence-corrected chi connectivity index (χ0v) is 15.2. The summed E-state index contributed by atoms with van der Waals surface area (Å²) in [4.78, 5) is 47.6. The maximum Gasteiger partial charge on any atom is 0.318 e. The van der Waals surface area contributed by atoms with Crippen molar-refractivity contribution >= 4 is 35.5 Å². The second-order valence-electron chi connectivity index (χ2n) is 5.66. The topological polar surface area (TPSA) is 116 Å². The maximum absolute atomic E-state index is 12.1. The molecule has 0 spiro atoms. The number of imide groups is 1. The summed E-state index contributed by atoms with van der Waals surface area (Å²) in [6.07, 6.45) is 0.610. The molecule has 7 nitrogen and oxygen atoms in total. The van der Waals surface area contributed by atoms with E-state index in [2.05, 4.69) is 0 Å². The molecule has 0 aromatic heterocycles. The first-order valence-corrected chi connectivity index (χ1v) is 8.94. The van der Waals surface area contributed by atoms with Gasteiger partial charge in [0.2, 0.25) is 0 Å². The molecule has 136 valence electrons. The number of amides is 3. The lowest BCUT2D eigenvalue weighted by molar-refractivity contribution is -0.158. The van der Waals surface area contributed by atoms with Crippen molar-refractivity contribution in [3.63, 3.8) is 0 Å². The standard InChI is InChI=1S/C17H22N2O5S/c1-10(2)15(16(22)19-17(18)23)24-14(21)9-8-13(20)11-4-6-12(25-3)7-5-11/h4-7,10,15H,8-9H2,1-3H3,(H3,18,19,22,23)/t15-/m1/s1. The van der Waals surface area contributed by atoms with Crippen molar-refractivity contribution < 1.29 is 23.9 Å². The zero-order valence-electron chi connectivity index (χ0n) is 14.4. The molecule has 0 aliphatic carbocycles. The van der Waals surface area contributed by atoms with Crippen molar-refractivity contribution in [3.05, 3.63) is 29.8 Å². The van der Waals surface area contributed by atoms with Crippen molar-refractivity contribution in [1.82, 2.24) is 5.32 Å². The summed E-state index contributed by atoms with van der Waals surface area (Å²) in [6.45, 7) is 3.33. The van der Waals surface area contributed by atoms with Gasteiger partial charge in [0, 0.05) is 16.9 Å². The van der Waals surface area contributed by atoms with E-state index in [9.17, 15) is 19.2 Å². The van der Waals surface area contributed by atoms with E-state index in [1.165, 1.54) is 0 Å². The van der Waals surface area contributed by atoms with Crippen LogP contribution in [0.1, 0.15) is 37.0 Å². The van der Waals surface area contributed by atoms with Crippen LogP contribution in [0.15, 0.2) is 29.2 Å². The number of primary amides is 1. The molecule has 0 saturated carbocycles. The molecule has 0 radical (unpaired) electrons. The first kappa shape index (κ1) is 20.7. The largest absolute Gasteiger partial charge is 0.452 e. The summed E-state index contributed by atoms with van der Waals surface area (Å²) >= 11 is 1.57. The third-order valence-corrected chi connectivity index (χ3v) is 4.08. The minimum absolute atomic E-state index is 0.0281. The van der Waals surface area contributed by atoms with Gasteiger partial charge in [0.15, 0.2) is 11.9 Å². The summed E-state index contributed by atoms with van der Waals surface area (Å²) in [7, 11) is 0. The molecule has 0 aliphatic rings. The summed E-state index contributed by atoms with van der Waals surface area (Å²) in [6, 6.07) is 6.06. The quantitative estimate of drug-likeness (QED) is 0.414. The Bertz CT molecular complexity index is 643. The molecule has 0 fully saturated rings. The minimum Gasteiger partial charge on any atom is -0.452 e. The monoisotopic (exact) mass is 366 g/mol. The first-order chi connectivity index (χ1) is 11.7. The second kappa shape index (κ2) is 9.83. The Balaban J connectivity index is 2.57. The lowest BCUT2D eigenvalue weighted by Crippen LogP contribution is -2.45. The van der Waals surface area contributed by atoms with Gasteiger partial charge in [0.1, 0.15) is 0 Å². The minimum atomic E-state index is -1.14. The third kappa shape index (κ3) is 6.96. The molecular formula is C17H22N2O5S. The molecule has 0 bridgehead atoms. The van der Waals surface area contributed by atoms with Crippen LogP contribution < -0.4 is 11.1 Å². The van der Waals surface area contributed by atoms with Crippen molar-refractivity contribution in [1.29, 1.82) is 0 Å². The number of Topliss-reactive ketones (excluding diaryl/α,β-unsaturated/α-hetero) is 1. The predicted octanol–water partition coefficient (Wildman–Crippen LogP) is 2.13. The fourth-order valence-electron chi connectivity index (χ4n) is 2.02. The highest BCUT2D eigenvalue weighted by Gasteiger charge is 2.27. The van der Waals surface area contributed by atoms with E-state index in [0.717, 1.165) is 4.90 Å². The molecule has 3 N–H and O–H groups in total. The number of hydrogen-bond acceptors (Lipinski definition) is 6. The van der Waals surface area contributed by atoms with Gasteiger partial charge in [-0.2, -0.15) is 0 Å². The van der Waals surface area contributed by atoms with Gasteiger partial charge in [0.25, 0.3) is 5.91 Å². The number of nitrogens with two attached hydrogens (primary N) is 1. The van der Waals surface area contributed by atoms with Crippen molar-refractivity contribution in [2.24, 2.45) is 11.7 Å². The Morgan fingerprint density at radius 2 is 1.72 bits per heavy atom. The maximum atomic E-state index is 12.1. The summed E-state index contributed by atoms with van der Waals surface area (Å²) in [5.74, 6) is -2.01. The Morgan fingerprint density at radius 3 is 2.20 bits per heavy atom. The van der Waals surface area contributed by atoms with E-state index in [0.29, 0.717) is 5.56 Å². The number of carbonyl (C=O) groups excluding carboxylic acids is 4. The van der Waals surface area contributed by atoms with Crippen LogP contribution in [0.2, 0.25) is 0 Å². The zero-order chi connectivity index (χ0) is 19.0. The van der Waals surface area contributed by atoms with Crippen molar-refractivity contribution in [2.75, 3.05) is 6.26 Å². The van der Waals surface area contributed by atoms with Gasteiger partial charge in [0.05, 0.1) is 6.42 Å². The number of ether oxygens (including phenoxy) is 1. The Kier molecular flexibility index (Phi) is 8.13. The van der Waals surface area contributed by atoms with Gasteiger partial charge in [-0.3, -0.25) is 19.7 Å². The van der Waals surface area contributed by atoms with E-state index in [-0.39, 0.29) is 24.5 Å². The summed E-state index contributed by atoms with van der Waals surface area (Å²) < 4.78 is 5.08. The number of carbonyl (C=O) groups is 4. The number of nitrogens with one attached hydrogen (secondary N) is 1. The second-order valence-corrected chi connectivity index (χ2v) is 6.54. The first-order valence-electron chi connectivity index (χ1n) is 7.71. The molecule has 1 aromatic rings. The van der Waals surface area contributed by atoms with E-state index in [4.69, 9.17) is 10.5 Å².